The lowest BCUT2D eigenvalue weighted by Crippen LogP contribution is -2.46. The molecule has 21 heavy (non-hydrogen) atoms. The third-order valence-corrected chi connectivity index (χ3v) is 5.03. The van der Waals surface area contributed by atoms with E-state index in [9.17, 15) is 9.90 Å². The number of nitrogens with one attached hydrogen (secondary N) is 1. The van der Waals surface area contributed by atoms with E-state index in [1.165, 1.54) is 0 Å². The van der Waals surface area contributed by atoms with E-state index >= 15 is 0 Å². The summed E-state index contributed by atoms with van der Waals surface area (Å²) in [7, 11) is 0. The zero-order chi connectivity index (χ0) is 15.5. The summed E-state index contributed by atoms with van der Waals surface area (Å²) in [6.07, 6.45) is 2.65. The Hall–Kier alpha value is -1.26. The summed E-state index contributed by atoms with van der Waals surface area (Å²) >= 11 is 6.07. The minimum atomic E-state index is -0.0995. The van der Waals surface area contributed by atoms with Gasteiger partial charge in [-0.3, -0.25) is 0 Å². The van der Waals surface area contributed by atoms with Crippen molar-refractivity contribution in [3.8, 4) is 0 Å². The molecule has 1 aliphatic heterocycles. The van der Waals surface area contributed by atoms with E-state index in [2.05, 4.69) is 12.2 Å². The molecule has 0 atom stereocenters. The average molecular weight is 311 g/mol. The molecule has 5 heteroatoms. The summed E-state index contributed by atoms with van der Waals surface area (Å²) in [4.78, 5) is 14.1. The van der Waals surface area contributed by atoms with Crippen molar-refractivity contribution in [3.05, 3.63) is 28.8 Å². The van der Waals surface area contributed by atoms with Gasteiger partial charge in [-0.05, 0) is 49.3 Å². The zero-order valence-corrected chi connectivity index (χ0v) is 13.4. The number of aliphatic hydroxyl groups is 1. The SMILES string of the molecule is CCC1(CO)CCN(C(=O)Nc2ccc(C)c(Cl)c2)CC1. The van der Waals surface area contributed by atoms with E-state index in [-0.39, 0.29) is 18.1 Å². The largest absolute Gasteiger partial charge is 0.396 e. The van der Waals surface area contributed by atoms with Crippen molar-refractivity contribution >= 4 is 23.3 Å². The molecule has 2 N–H and O–H groups in total. The molecule has 1 aliphatic rings. The Kier molecular flexibility index (Phi) is 5.12. The molecule has 1 heterocycles. The van der Waals surface area contributed by atoms with E-state index in [0.717, 1.165) is 24.8 Å². The molecule has 1 saturated heterocycles. The molecule has 0 saturated carbocycles. The summed E-state index contributed by atoms with van der Waals surface area (Å²) in [5.41, 5.74) is 1.69. The molecule has 0 aliphatic carbocycles. The van der Waals surface area contributed by atoms with Gasteiger partial charge in [-0.25, -0.2) is 4.79 Å². The molecular weight excluding hydrogens is 288 g/mol. The van der Waals surface area contributed by atoms with Crippen LogP contribution in [0.1, 0.15) is 31.7 Å². The number of urea groups is 1. The number of nitrogens with zero attached hydrogens (tertiary/aromatic N) is 1. The first kappa shape index (κ1) is 16.1. The van der Waals surface area contributed by atoms with Crippen LogP contribution in [0.2, 0.25) is 5.02 Å². The van der Waals surface area contributed by atoms with Gasteiger partial charge < -0.3 is 15.3 Å². The van der Waals surface area contributed by atoms with Gasteiger partial charge in [-0.2, -0.15) is 0 Å². The van der Waals surface area contributed by atoms with Gasteiger partial charge in [0.15, 0.2) is 0 Å². The highest BCUT2D eigenvalue weighted by Crippen LogP contribution is 2.34. The van der Waals surface area contributed by atoms with E-state index in [0.29, 0.717) is 23.8 Å². The highest BCUT2D eigenvalue weighted by Gasteiger charge is 2.33. The van der Waals surface area contributed by atoms with Crippen LogP contribution in [0.5, 0.6) is 0 Å². The van der Waals surface area contributed by atoms with Crippen molar-refractivity contribution in [3.63, 3.8) is 0 Å². The smallest absolute Gasteiger partial charge is 0.321 e. The summed E-state index contributed by atoms with van der Waals surface area (Å²) in [5.74, 6) is 0. The lowest BCUT2D eigenvalue weighted by Gasteiger charge is -2.40. The number of hydrogen-bond acceptors (Lipinski definition) is 2. The topological polar surface area (TPSA) is 52.6 Å². The molecule has 0 aromatic heterocycles. The van der Waals surface area contributed by atoms with Crippen LogP contribution < -0.4 is 5.32 Å². The molecule has 1 fully saturated rings. The van der Waals surface area contributed by atoms with Gasteiger partial charge in [0.2, 0.25) is 0 Å². The van der Waals surface area contributed by atoms with Gasteiger partial charge in [0.25, 0.3) is 0 Å². The van der Waals surface area contributed by atoms with Gasteiger partial charge in [-0.1, -0.05) is 24.6 Å². The van der Waals surface area contributed by atoms with Gasteiger partial charge in [0, 0.05) is 30.4 Å². The third-order valence-electron chi connectivity index (χ3n) is 4.62. The fourth-order valence-electron chi connectivity index (χ4n) is 2.68. The van der Waals surface area contributed by atoms with Crippen LogP contribution in [0.4, 0.5) is 10.5 Å². The number of hydrogen-bond donors (Lipinski definition) is 2. The maximum atomic E-state index is 12.3. The Morgan fingerprint density at radius 3 is 2.62 bits per heavy atom. The maximum absolute atomic E-state index is 12.3. The van der Waals surface area contributed by atoms with Gasteiger partial charge in [0.1, 0.15) is 0 Å². The lowest BCUT2D eigenvalue weighted by molar-refractivity contribution is 0.0542. The summed E-state index contributed by atoms with van der Waals surface area (Å²) in [6.45, 7) is 5.59. The van der Waals surface area contributed by atoms with Crippen LogP contribution >= 0.6 is 11.6 Å². The second-order valence-electron chi connectivity index (χ2n) is 5.89. The second-order valence-corrected chi connectivity index (χ2v) is 6.30. The Morgan fingerprint density at radius 2 is 2.10 bits per heavy atom. The standard InChI is InChI=1S/C16H23ClN2O2/c1-3-16(11-20)6-8-19(9-7-16)15(21)18-13-5-4-12(2)14(17)10-13/h4-5,10,20H,3,6-9,11H2,1-2H3,(H,18,21). The minimum absolute atomic E-state index is 0.00997. The average Bonchev–Trinajstić information content (AvgIpc) is 2.51. The predicted octanol–water partition coefficient (Wildman–Crippen LogP) is 3.66. The molecule has 4 nitrogen and oxygen atoms in total. The van der Waals surface area contributed by atoms with Crippen molar-refractivity contribution in [2.45, 2.75) is 33.1 Å². The van der Waals surface area contributed by atoms with Crippen LogP contribution in [-0.4, -0.2) is 35.7 Å². The van der Waals surface area contributed by atoms with E-state index in [1.54, 1.807) is 11.0 Å². The number of halogens is 1. The zero-order valence-electron chi connectivity index (χ0n) is 12.7. The molecule has 1 aromatic carbocycles. The number of rotatable bonds is 3. The number of aryl methyl sites for hydroxylation is 1. The van der Waals surface area contributed by atoms with Crippen molar-refractivity contribution < 1.29 is 9.90 Å². The summed E-state index contributed by atoms with van der Waals surface area (Å²) < 4.78 is 0. The van der Waals surface area contributed by atoms with E-state index in [1.807, 2.05) is 19.1 Å². The number of benzene rings is 1. The fraction of sp³-hybridized carbons (Fsp3) is 0.562. The Morgan fingerprint density at radius 1 is 1.43 bits per heavy atom. The maximum Gasteiger partial charge on any atom is 0.321 e. The Balaban J connectivity index is 1.94. The number of anilines is 1. The predicted molar refractivity (Wildman–Crippen MR) is 85.8 cm³/mol. The quantitative estimate of drug-likeness (QED) is 0.895. The number of likely N-dealkylation sites (tertiary alicyclic amines) is 1. The lowest BCUT2D eigenvalue weighted by atomic mass is 9.77. The molecule has 0 bridgehead atoms. The van der Waals surface area contributed by atoms with Gasteiger partial charge in [-0.15, -0.1) is 0 Å². The normalized spacial score (nSPS) is 17.6. The summed E-state index contributed by atoms with van der Waals surface area (Å²) in [6, 6.07) is 5.41. The molecule has 0 unspecified atom stereocenters. The molecule has 116 valence electrons. The number of carbonyl (C=O) groups is 1. The number of carbonyl (C=O) groups excluding carboxylic acids is 1. The van der Waals surface area contributed by atoms with Crippen LogP contribution in [0.15, 0.2) is 18.2 Å². The molecule has 2 amide bonds. The first-order chi connectivity index (χ1) is 9.99. The molecule has 1 aromatic rings. The van der Waals surface area contributed by atoms with Crippen molar-refractivity contribution in [2.24, 2.45) is 5.41 Å². The second kappa shape index (κ2) is 6.67. The van der Waals surface area contributed by atoms with Crippen LogP contribution in [0, 0.1) is 12.3 Å². The third kappa shape index (κ3) is 3.69. The van der Waals surface area contributed by atoms with Crippen LogP contribution in [0.3, 0.4) is 0 Å². The van der Waals surface area contributed by atoms with E-state index < -0.39 is 0 Å². The summed E-state index contributed by atoms with van der Waals surface area (Å²) in [5, 5.41) is 13.1. The molecule has 0 radical (unpaired) electrons. The van der Waals surface area contributed by atoms with Crippen LogP contribution in [-0.2, 0) is 0 Å². The monoisotopic (exact) mass is 310 g/mol. The Bertz CT molecular complexity index is 505. The number of aliphatic hydroxyl groups excluding tert-OH is 1. The Labute approximate surface area is 131 Å². The highest BCUT2D eigenvalue weighted by atomic mass is 35.5. The van der Waals surface area contributed by atoms with Crippen LogP contribution in [0.25, 0.3) is 0 Å². The first-order valence-electron chi connectivity index (χ1n) is 7.42. The van der Waals surface area contributed by atoms with Crippen molar-refractivity contribution in [1.29, 1.82) is 0 Å². The van der Waals surface area contributed by atoms with Crippen molar-refractivity contribution in [1.82, 2.24) is 4.90 Å². The minimum Gasteiger partial charge on any atom is -0.396 e. The molecule has 2 rings (SSSR count). The molecular formula is C16H23ClN2O2. The van der Waals surface area contributed by atoms with Crippen molar-refractivity contribution in [2.75, 3.05) is 25.0 Å². The van der Waals surface area contributed by atoms with Gasteiger partial charge in [0.05, 0.1) is 0 Å². The number of amides is 2. The highest BCUT2D eigenvalue weighted by molar-refractivity contribution is 6.31. The first-order valence-corrected chi connectivity index (χ1v) is 7.80. The number of piperidine rings is 1. The fourth-order valence-corrected chi connectivity index (χ4v) is 2.86. The van der Waals surface area contributed by atoms with Gasteiger partial charge >= 0.3 is 6.03 Å². The van der Waals surface area contributed by atoms with E-state index in [4.69, 9.17) is 11.6 Å². The molecule has 0 spiro atoms.